The molecule has 0 radical (unpaired) electrons. The predicted molar refractivity (Wildman–Crippen MR) is 54.0 cm³/mol. The highest BCUT2D eigenvalue weighted by Gasteiger charge is 2.47. The van der Waals surface area contributed by atoms with Crippen LogP contribution in [0.5, 0.6) is 0 Å². The predicted octanol–water partition coefficient (Wildman–Crippen LogP) is 0.139. The van der Waals surface area contributed by atoms with Crippen LogP contribution in [0.2, 0.25) is 0 Å². The molecule has 0 aromatic rings. The normalized spacial score (nSPS) is 32.6. The van der Waals surface area contributed by atoms with E-state index in [4.69, 9.17) is 15.2 Å². The van der Waals surface area contributed by atoms with E-state index in [1.54, 1.807) is 14.0 Å². The van der Waals surface area contributed by atoms with Gasteiger partial charge in [0.1, 0.15) is 0 Å². The van der Waals surface area contributed by atoms with Gasteiger partial charge in [0.05, 0.1) is 18.8 Å². The summed E-state index contributed by atoms with van der Waals surface area (Å²) in [6.07, 6.45) is 1.86. The maximum atomic E-state index is 10.3. The molecule has 0 amide bonds. The zero-order valence-electron chi connectivity index (χ0n) is 9.08. The molecule has 0 aromatic heterocycles. The average Bonchev–Trinajstić information content (AvgIpc) is 2.18. The molecular weight excluding hydrogens is 182 g/mol. The Hall–Kier alpha value is -0.160. The third-order valence-corrected chi connectivity index (χ3v) is 3.28. The van der Waals surface area contributed by atoms with Crippen LogP contribution in [0, 0.1) is 5.41 Å². The molecule has 1 rings (SSSR count). The summed E-state index contributed by atoms with van der Waals surface area (Å²) in [5, 5.41) is 10.3. The Morgan fingerprint density at radius 3 is 2.79 bits per heavy atom. The van der Waals surface area contributed by atoms with Crippen LogP contribution < -0.4 is 5.73 Å². The second-order valence-corrected chi connectivity index (χ2v) is 4.35. The van der Waals surface area contributed by atoms with Crippen LogP contribution in [0.25, 0.3) is 0 Å². The van der Waals surface area contributed by atoms with Crippen molar-refractivity contribution in [1.29, 1.82) is 0 Å². The summed E-state index contributed by atoms with van der Waals surface area (Å²) < 4.78 is 10.4. The molecule has 1 saturated heterocycles. The molecular formula is C10H21NO3. The van der Waals surface area contributed by atoms with Crippen LogP contribution in [0.15, 0.2) is 0 Å². The SMILES string of the molecule is COCC(C)(O)C1(CN)CCCOC1. The van der Waals surface area contributed by atoms with E-state index in [0.29, 0.717) is 19.8 Å². The highest BCUT2D eigenvalue weighted by molar-refractivity contribution is 4.98. The number of rotatable bonds is 4. The minimum absolute atomic E-state index is 0.299. The van der Waals surface area contributed by atoms with Crippen molar-refractivity contribution in [2.75, 3.05) is 33.5 Å². The van der Waals surface area contributed by atoms with Crippen LogP contribution in [0.4, 0.5) is 0 Å². The number of hydrogen-bond donors (Lipinski definition) is 2. The van der Waals surface area contributed by atoms with Crippen LogP contribution in [0.3, 0.4) is 0 Å². The average molecular weight is 203 g/mol. The molecule has 1 heterocycles. The second-order valence-electron chi connectivity index (χ2n) is 4.35. The molecule has 2 atom stereocenters. The van der Waals surface area contributed by atoms with Gasteiger partial charge < -0.3 is 20.3 Å². The fraction of sp³-hybridized carbons (Fsp3) is 1.00. The number of ether oxygens (including phenoxy) is 2. The summed E-state index contributed by atoms with van der Waals surface area (Å²) in [5.74, 6) is 0. The molecule has 3 N–H and O–H groups in total. The van der Waals surface area contributed by atoms with Crippen LogP contribution >= 0.6 is 0 Å². The highest BCUT2D eigenvalue weighted by Crippen LogP contribution is 2.38. The van der Waals surface area contributed by atoms with Gasteiger partial charge in [0.25, 0.3) is 0 Å². The first kappa shape index (κ1) is 11.9. The molecule has 0 saturated carbocycles. The van der Waals surface area contributed by atoms with Crippen molar-refractivity contribution in [2.24, 2.45) is 11.1 Å². The maximum Gasteiger partial charge on any atom is 0.0941 e. The summed E-state index contributed by atoms with van der Waals surface area (Å²) >= 11 is 0. The number of methoxy groups -OCH3 is 1. The van der Waals surface area contributed by atoms with Gasteiger partial charge in [-0.25, -0.2) is 0 Å². The molecule has 0 bridgehead atoms. The molecule has 4 heteroatoms. The Labute approximate surface area is 85.4 Å². The van der Waals surface area contributed by atoms with E-state index in [1.165, 1.54) is 0 Å². The Morgan fingerprint density at radius 2 is 2.36 bits per heavy atom. The van der Waals surface area contributed by atoms with Gasteiger partial charge in [-0.3, -0.25) is 0 Å². The highest BCUT2D eigenvalue weighted by atomic mass is 16.5. The first-order valence-corrected chi connectivity index (χ1v) is 5.07. The standard InChI is InChI=1S/C10H21NO3/c1-9(12,7-13-2)10(6-11)4-3-5-14-8-10/h12H,3-8,11H2,1-2H3. The van der Waals surface area contributed by atoms with Crippen molar-refractivity contribution in [1.82, 2.24) is 0 Å². The lowest BCUT2D eigenvalue weighted by Crippen LogP contribution is -2.57. The topological polar surface area (TPSA) is 64.7 Å². The molecule has 2 unspecified atom stereocenters. The second kappa shape index (κ2) is 4.57. The lowest BCUT2D eigenvalue weighted by Gasteiger charge is -2.46. The molecule has 14 heavy (non-hydrogen) atoms. The van der Waals surface area contributed by atoms with E-state index in [1.807, 2.05) is 0 Å². The van der Waals surface area contributed by atoms with E-state index >= 15 is 0 Å². The fourth-order valence-electron chi connectivity index (χ4n) is 2.09. The van der Waals surface area contributed by atoms with Crippen molar-refractivity contribution in [3.63, 3.8) is 0 Å². The third kappa shape index (κ3) is 2.08. The summed E-state index contributed by atoms with van der Waals surface area (Å²) in [5.41, 5.74) is 4.51. The fourth-order valence-corrected chi connectivity index (χ4v) is 2.09. The molecule has 1 aliphatic heterocycles. The molecule has 1 aliphatic rings. The number of aliphatic hydroxyl groups is 1. The largest absolute Gasteiger partial charge is 0.387 e. The van der Waals surface area contributed by atoms with Crippen LogP contribution in [-0.2, 0) is 9.47 Å². The first-order chi connectivity index (χ1) is 6.58. The van der Waals surface area contributed by atoms with Crippen molar-refractivity contribution >= 4 is 0 Å². The Kier molecular flexibility index (Phi) is 3.89. The smallest absolute Gasteiger partial charge is 0.0941 e. The van der Waals surface area contributed by atoms with Gasteiger partial charge in [0.15, 0.2) is 0 Å². The molecule has 0 spiro atoms. The first-order valence-electron chi connectivity index (χ1n) is 5.07. The molecule has 4 nitrogen and oxygen atoms in total. The molecule has 84 valence electrons. The lowest BCUT2D eigenvalue weighted by atomic mass is 9.69. The third-order valence-electron chi connectivity index (χ3n) is 3.28. The summed E-state index contributed by atoms with van der Waals surface area (Å²) in [7, 11) is 1.59. The van der Waals surface area contributed by atoms with E-state index < -0.39 is 5.60 Å². The van der Waals surface area contributed by atoms with Gasteiger partial charge in [-0.2, -0.15) is 0 Å². The minimum atomic E-state index is -0.906. The Bertz CT molecular complexity index is 176. The lowest BCUT2D eigenvalue weighted by molar-refractivity contribution is -0.158. The van der Waals surface area contributed by atoms with E-state index in [0.717, 1.165) is 19.4 Å². The van der Waals surface area contributed by atoms with Crippen molar-refractivity contribution in [2.45, 2.75) is 25.4 Å². The summed E-state index contributed by atoms with van der Waals surface area (Å²) in [4.78, 5) is 0. The van der Waals surface area contributed by atoms with Crippen molar-refractivity contribution < 1.29 is 14.6 Å². The zero-order valence-corrected chi connectivity index (χ0v) is 9.08. The van der Waals surface area contributed by atoms with E-state index in [2.05, 4.69) is 0 Å². The van der Waals surface area contributed by atoms with Gasteiger partial charge >= 0.3 is 0 Å². The van der Waals surface area contributed by atoms with Gasteiger partial charge in [-0.1, -0.05) is 0 Å². The number of nitrogens with two attached hydrogens (primary N) is 1. The van der Waals surface area contributed by atoms with Gasteiger partial charge in [-0.05, 0) is 19.8 Å². The van der Waals surface area contributed by atoms with Crippen LogP contribution in [0.1, 0.15) is 19.8 Å². The Balaban J connectivity index is 2.75. The van der Waals surface area contributed by atoms with E-state index in [9.17, 15) is 5.11 Å². The molecule has 0 aliphatic carbocycles. The molecule has 0 aromatic carbocycles. The van der Waals surface area contributed by atoms with Crippen LogP contribution in [-0.4, -0.2) is 44.2 Å². The molecule has 1 fully saturated rings. The monoisotopic (exact) mass is 203 g/mol. The van der Waals surface area contributed by atoms with Gasteiger partial charge in [-0.15, -0.1) is 0 Å². The quantitative estimate of drug-likeness (QED) is 0.682. The van der Waals surface area contributed by atoms with Gasteiger partial charge in [0.2, 0.25) is 0 Å². The van der Waals surface area contributed by atoms with E-state index in [-0.39, 0.29) is 5.41 Å². The number of hydrogen-bond acceptors (Lipinski definition) is 4. The summed E-state index contributed by atoms with van der Waals surface area (Å²) in [6.45, 7) is 3.81. The maximum absolute atomic E-state index is 10.3. The zero-order chi connectivity index (χ0) is 10.7. The van der Waals surface area contributed by atoms with Crippen molar-refractivity contribution in [3.05, 3.63) is 0 Å². The summed E-state index contributed by atoms with van der Waals surface area (Å²) in [6, 6.07) is 0. The minimum Gasteiger partial charge on any atom is -0.387 e. The van der Waals surface area contributed by atoms with Gasteiger partial charge in [0, 0.05) is 25.7 Å². The van der Waals surface area contributed by atoms with Crippen molar-refractivity contribution in [3.8, 4) is 0 Å². The Morgan fingerprint density at radius 1 is 1.64 bits per heavy atom.